The summed E-state index contributed by atoms with van der Waals surface area (Å²) in [6.45, 7) is 4.94. The van der Waals surface area contributed by atoms with Crippen molar-refractivity contribution in [2.24, 2.45) is 0 Å². The van der Waals surface area contributed by atoms with E-state index in [9.17, 15) is 9.59 Å². The maximum Gasteiger partial charge on any atom is 0.256 e. The fraction of sp³-hybridized carbons (Fsp3) is 0.294. The summed E-state index contributed by atoms with van der Waals surface area (Å²) in [4.78, 5) is 27.9. The van der Waals surface area contributed by atoms with Gasteiger partial charge in [0.2, 0.25) is 0 Å². The van der Waals surface area contributed by atoms with Crippen molar-refractivity contribution in [2.75, 3.05) is 31.5 Å². The number of amides is 2. The summed E-state index contributed by atoms with van der Waals surface area (Å²) < 4.78 is 0. The van der Waals surface area contributed by atoms with Crippen molar-refractivity contribution in [2.45, 2.75) is 6.92 Å². The SMILES string of the molecule is Cc1cc(C(=O)N2CCNCC2)c(NC(=O)c2ccccc2)s1. The lowest BCUT2D eigenvalue weighted by atomic mass is 10.2. The van der Waals surface area contributed by atoms with Crippen molar-refractivity contribution in [3.63, 3.8) is 0 Å². The van der Waals surface area contributed by atoms with Gasteiger partial charge in [-0.3, -0.25) is 9.59 Å². The summed E-state index contributed by atoms with van der Waals surface area (Å²) in [6, 6.07) is 10.9. The van der Waals surface area contributed by atoms with Gasteiger partial charge >= 0.3 is 0 Å². The summed E-state index contributed by atoms with van der Waals surface area (Å²) in [6.07, 6.45) is 0. The van der Waals surface area contributed by atoms with Gasteiger partial charge in [0.25, 0.3) is 11.8 Å². The molecule has 1 aromatic carbocycles. The molecule has 0 aliphatic carbocycles. The van der Waals surface area contributed by atoms with Crippen molar-refractivity contribution in [3.8, 4) is 0 Å². The normalized spacial score (nSPS) is 14.6. The highest BCUT2D eigenvalue weighted by Crippen LogP contribution is 2.29. The molecule has 2 amide bonds. The summed E-state index contributed by atoms with van der Waals surface area (Å²) in [7, 11) is 0. The van der Waals surface area contributed by atoms with E-state index in [1.165, 1.54) is 11.3 Å². The molecule has 3 rings (SSSR count). The zero-order valence-corrected chi connectivity index (χ0v) is 13.8. The lowest BCUT2D eigenvalue weighted by Gasteiger charge is -2.27. The quantitative estimate of drug-likeness (QED) is 0.909. The Hall–Kier alpha value is -2.18. The summed E-state index contributed by atoms with van der Waals surface area (Å²) in [5.41, 5.74) is 1.16. The van der Waals surface area contributed by atoms with Crippen molar-refractivity contribution in [3.05, 3.63) is 52.4 Å². The van der Waals surface area contributed by atoms with E-state index in [1.807, 2.05) is 36.1 Å². The van der Waals surface area contributed by atoms with Crippen LogP contribution in [0.2, 0.25) is 0 Å². The Morgan fingerprint density at radius 2 is 1.87 bits per heavy atom. The zero-order valence-electron chi connectivity index (χ0n) is 13.0. The van der Waals surface area contributed by atoms with Gasteiger partial charge in [-0.15, -0.1) is 11.3 Å². The van der Waals surface area contributed by atoms with Gasteiger partial charge in [0.1, 0.15) is 5.00 Å². The Balaban J connectivity index is 1.80. The predicted molar refractivity (Wildman–Crippen MR) is 92.2 cm³/mol. The van der Waals surface area contributed by atoms with Crippen LogP contribution in [0.1, 0.15) is 25.6 Å². The Kier molecular flexibility index (Phi) is 4.73. The van der Waals surface area contributed by atoms with Crippen molar-refractivity contribution >= 4 is 28.2 Å². The molecule has 0 saturated carbocycles. The summed E-state index contributed by atoms with van der Waals surface area (Å²) >= 11 is 1.43. The molecule has 1 saturated heterocycles. The van der Waals surface area contributed by atoms with Gasteiger partial charge in [-0.05, 0) is 25.1 Å². The topological polar surface area (TPSA) is 61.4 Å². The molecule has 5 nitrogen and oxygen atoms in total. The van der Waals surface area contributed by atoms with E-state index in [0.29, 0.717) is 29.2 Å². The van der Waals surface area contributed by atoms with Crippen molar-refractivity contribution in [1.29, 1.82) is 0 Å². The van der Waals surface area contributed by atoms with E-state index in [0.717, 1.165) is 18.0 Å². The van der Waals surface area contributed by atoms with E-state index >= 15 is 0 Å². The highest BCUT2D eigenvalue weighted by Gasteiger charge is 2.23. The average Bonchev–Trinajstić information content (AvgIpc) is 2.96. The largest absolute Gasteiger partial charge is 0.336 e. The molecule has 1 fully saturated rings. The Morgan fingerprint density at radius 1 is 1.17 bits per heavy atom. The highest BCUT2D eigenvalue weighted by molar-refractivity contribution is 7.16. The molecule has 0 bridgehead atoms. The first-order valence-electron chi connectivity index (χ1n) is 7.62. The van der Waals surface area contributed by atoms with E-state index in [2.05, 4.69) is 10.6 Å². The standard InChI is InChI=1S/C17H19N3O2S/c1-12-11-14(17(22)20-9-7-18-8-10-20)16(23-12)19-15(21)13-5-3-2-4-6-13/h2-6,11,18H,7-10H2,1H3,(H,19,21). The number of carbonyl (C=O) groups excluding carboxylic acids is 2. The molecule has 0 radical (unpaired) electrons. The number of thiophene rings is 1. The minimum Gasteiger partial charge on any atom is -0.336 e. The molecular weight excluding hydrogens is 310 g/mol. The Labute approximate surface area is 139 Å². The maximum absolute atomic E-state index is 12.7. The van der Waals surface area contributed by atoms with Crippen LogP contribution in [-0.4, -0.2) is 42.9 Å². The van der Waals surface area contributed by atoms with Crippen LogP contribution in [0.25, 0.3) is 0 Å². The molecule has 0 atom stereocenters. The van der Waals surface area contributed by atoms with Gasteiger partial charge in [-0.2, -0.15) is 0 Å². The van der Waals surface area contributed by atoms with Crippen LogP contribution in [0.3, 0.4) is 0 Å². The molecular formula is C17H19N3O2S. The third-order valence-electron chi connectivity index (χ3n) is 3.75. The van der Waals surface area contributed by atoms with E-state index in [-0.39, 0.29) is 11.8 Å². The van der Waals surface area contributed by atoms with Crippen molar-refractivity contribution in [1.82, 2.24) is 10.2 Å². The van der Waals surface area contributed by atoms with Crippen LogP contribution in [0.4, 0.5) is 5.00 Å². The van der Waals surface area contributed by atoms with Crippen LogP contribution < -0.4 is 10.6 Å². The molecule has 1 aromatic heterocycles. The van der Waals surface area contributed by atoms with Crippen LogP contribution in [-0.2, 0) is 0 Å². The lowest BCUT2D eigenvalue weighted by Crippen LogP contribution is -2.46. The zero-order chi connectivity index (χ0) is 16.2. The molecule has 2 aromatic rings. The second kappa shape index (κ2) is 6.93. The van der Waals surface area contributed by atoms with Gasteiger partial charge in [-0.25, -0.2) is 0 Å². The number of nitrogens with one attached hydrogen (secondary N) is 2. The second-order valence-corrected chi connectivity index (χ2v) is 6.72. The maximum atomic E-state index is 12.7. The first kappa shape index (κ1) is 15.7. The van der Waals surface area contributed by atoms with Crippen LogP contribution in [0.5, 0.6) is 0 Å². The number of carbonyl (C=O) groups is 2. The van der Waals surface area contributed by atoms with Gasteiger partial charge < -0.3 is 15.5 Å². The second-order valence-electron chi connectivity index (χ2n) is 5.46. The fourth-order valence-corrected chi connectivity index (χ4v) is 3.47. The number of rotatable bonds is 3. The lowest BCUT2D eigenvalue weighted by molar-refractivity contribution is 0.0737. The third kappa shape index (κ3) is 3.60. The monoisotopic (exact) mass is 329 g/mol. The van der Waals surface area contributed by atoms with Crippen LogP contribution in [0.15, 0.2) is 36.4 Å². The molecule has 0 unspecified atom stereocenters. The predicted octanol–water partition coefficient (Wildman–Crippen LogP) is 2.35. The highest BCUT2D eigenvalue weighted by atomic mass is 32.1. The number of benzene rings is 1. The minimum atomic E-state index is -0.193. The fourth-order valence-electron chi connectivity index (χ4n) is 2.57. The molecule has 1 aliphatic heterocycles. The van der Waals surface area contributed by atoms with Crippen LogP contribution >= 0.6 is 11.3 Å². The average molecular weight is 329 g/mol. The molecule has 2 heterocycles. The first-order valence-corrected chi connectivity index (χ1v) is 8.43. The van der Waals surface area contributed by atoms with E-state index in [4.69, 9.17) is 0 Å². The van der Waals surface area contributed by atoms with Crippen LogP contribution in [0, 0.1) is 6.92 Å². The number of aryl methyl sites for hydroxylation is 1. The number of piperazine rings is 1. The number of hydrogen-bond acceptors (Lipinski definition) is 4. The molecule has 23 heavy (non-hydrogen) atoms. The van der Waals surface area contributed by atoms with Gasteiger partial charge in [0, 0.05) is 36.6 Å². The molecule has 2 N–H and O–H groups in total. The van der Waals surface area contributed by atoms with E-state index < -0.39 is 0 Å². The summed E-state index contributed by atoms with van der Waals surface area (Å²) in [5.74, 6) is -0.207. The molecule has 120 valence electrons. The molecule has 0 spiro atoms. The first-order chi connectivity index (χ1) is 11.1. The minimum absolute atomic E-state index is 0.0146. The Morgan fingerprint density at radius 3 is 2.57 bits per heavy atom. The number of anilines is 1. The van der Waals surface area contributed by atoms with Gasteiger partial charge in [-0.1, -0.05) is 18.2 Å². The van der Waals surface area contributed by atoms with Crippen molar-refractivity contribution < 1.29 is 9.59 Å². The summed E-state index contributed by atoms with van der Waals surface area (Å²) in [5, 5.41) is 6.74. The van der Waals surface area contributed by atoms with E-state index in [1.54, 1.807) is 12.1 Å². The van der Waals surface area contributed by atoms with Gasteiger partial charge in [0.15, 0.2) is 0 Å². The van der Waals surface area contributed by atoms with Gasteiger partial charge in [0.05, 0.1) is 5.56 Å². The smallest absolute Gasteiger partial charge is 0.256 e. The Bertz CT molecular complexity index is 706. The number of hydrogen-bond donors (Lipinski definition) is 2. The number of nitrogens with zero attached hydrogens (tertiary/aromatic N) is 1. The molecule has 6 heteroatoms. The third-order valence-corrected chi connectivity index (χ3v) is 4.72. The molecule has 1 aliphatic rings.